The highest BCUT2D eigenvalue weighted by Crippen LogP contribution is 2.25. The fourth-order valence-corrected chi connectivity index (χ4v) is 4.27. The number of carbonyl (C=O) groups is 1. The van der Waals surface area contributed by atoms with E-state index in [-0.39, 0.29) is 11.9 Å². The summed E-state index contributed by atoms with van der Waals surface area (Å²) in [6, 6.07) is 14.5. The van der Waals surface area contributed by atoms with Crippen LogP contribution in [0.5, 0.6) is 0 Å². The van der Waals surface area contributed by atoms with Crippen molar-refractivity contribution >= 4 is 17.2 Å². The smallest absolute Gasteiger partial charge is 0.254 e. The quantitative estimate of drug-likeness (QED) is 0.667. The van der Waals surface area contributed by atoms with E-state index in [4.69, 9.17) is 4.74 Å². The Morgan fingerprint density at radius 2 is 2.00 bits per heavy atom. The van der Waals surface area contributed by atoms with Crippen molar-refractivity contribution in [1.29, 1.82) is 0 Å². The molecule has 0 bridgehead atoms. The van der Waals surface area contributed by atoms with Gasteiger partial charge in [-0.2, -0.15) is 5.10 Å². The first-order valence-corrected chi connectivity index (χ1v) is 10.4. The number of ether oxygens (including phenoxy) is 1. The van der Waals surface area contributed by atoms with Gasteiger partial charge in [-0.25, -0.2) is 0 Å². The minimum atomic E-state index is -0.0888. The zero-order valence-electron chi connectivity index (χ0n) is 15.7. The highest BCUT2D eigenvalue weighted by atomic mass is 32.1. The van der Waals surface area contributed by atoms with Gasteiger partial charge < -0.3 is 10.1 Å². The molecule has 0 radical (unpaired) electrons. The zero-order chi connectivity index (χ0) is 19.2. The third-order valence-electron chi connectivity index (χ3n) is 4.90. The fourth-order valence-electron chi connectivity index (χ4n) is 3.41. The monoisotopic (exact) mass is 396 g/mol. The van der Waals surface area contributed by atoms with E-state index < -0.39 is 0 Å². The third kappa shape index (κ3) is 4.67. The molecule has 1 unspecified atom stereocenters. The van der Waals surface area contributed by atoms with Crippen molar-refractivity contribution in [2.45, 2.75) is 12.6 Å². The average Bonchev–Trinajstić information content (AvgIpc) is 3.42. The number of nitrogens with zero attached hydrogens (tertiary/aromatic N) is 3. The largest absolute Gasteiger partial charge is 0.379 e. The molecule has 1 atom stereocenters. The molecule has 1 aromatic carbocycles. The topological polar surface area (TPSA) is 59.4 Å². The SMILES string of the molecule is O=C(NCC(c1cccs1)N1CCOCC1)c1cnn(Cc2ccccc2)c1. The summed E-state index contributed by atoms with van der Waals surface area (Å²) < 4.78 is 7.27. The molecule has 1 fully saturated rings. The summed E-state index contributed by atoms with van der Waals surface area (Å²) in [5.74, 6) is -0.0888. The van der Waals surface area contributed by atoms with E-state index in [1.54, 1.807) is 28.4 Å². The van der Waals surface area contributed by atoms with Gasteiger partial charge >= 0.3 is 0 Å². The Morgan fingerprint density at radius 1 is 1.18 bits per heavy atom. The maximum atomic E-state index is 12.7. The summed E-state index contributed by atoms with van der Waals surface area (Å²) in [7, 11) is 0. The van der Waals surface area contributed by atoms with Crippen molar-refractivity contribution in [2.75, 3.05) is 32.8 Å². The van der Waals surface area contributed by atoms with Crippen LogP contribution in [0, 0.1) is 0 Å². The van der Waals surface area contributed by atoms with Crippen molar-refractivity contribution in [1.82, 2.24) is 20.0 Å². The van der Waals surface area contributed by atoms with Gasteiger partial charge in [-0.05, 0) is 17.0 Å². The van der Waals surface area contributed by atoms with Crippen LogP contribution < -0.4 is 5.32 Å². The van der Waals surface area contributed by atoms with E-state index in [1.807, 2.05) is 18.2 Å². The summed E-state index contributed by atoms with van der Waals surface area (Å²) in [5.41, 5.74) is 1.74. The lowest BCUT2D eigenvalue weighted by Gasteiger charge is -2.34. The number of nitrogens with one attached hydrogen (secondary N) is 1. The molecule has 1 N–H and O–H groups in total. The number of thiophene rings is 1. The van der Waals surface area contributed by atoms with Gasteiger partial charge in [0.2, 0.25) is 0 Å². The van der Waals surface area contributed by atoms with Crippen molar-refractivity contribution in [3.8, 4) is 0 Å². The van der Waals surface area contributed by atoms with Gasteiger partial charge in [0.05, 0.1) is 37.6 Å². The van der Waals surface area contributed by atoms with Gasteiger partial charge in [0.25, 0.3) is 5.91 Å². The minimum absolute atomic E-state index is 0.0888. The molecule has 7 heteroatoms. The van der Waals surface area contributed by atoms with Crippen LogP contribution in [0.3, 0.4) is 0 Å². The maximum absolute atomic E-state index is 12.7. The summed E-state index contributed by atoms with van der Waals surface area (Å²) in [5, 5.41) is 9.51. The Kier molecular flexibility index (Phi) is 6.16. The van der Waals surface area contributed by atoms with Crippen LogP contribution in [0.4, 0.5) is 0 Å². The lowest BCUT2D eigenvalue weighted by atomic mass is 10.2. The molecule has 1 amide bonds. The Balaban J connectivity index is 1.38. The van der Waals surface area contributed by atoms with E-state index >= 15 is 0 Å². The van der Waals surface area contributed by atoms with Gasteiger partial charge in [-0.15, -0.1) is 11.3 Å². The maximum Gasteiger partial charge on any atom is 0.254 e. The standard InChI is InChI=1S/C21H24N4O2S/c26-21(18-13-23-25(16-18)15-17-5-2-1-3-6-17)22-14-19(20-7-4-12-28-20)24-8-10-27-11-9-24/h1-7,12-13,16,19H,8-11,14-15H2,(H,22,26). The fraction of sp³-hybridized carbons (Fsp3) is 0.333. The molecule has 1 aliphatic rings. The highest BCUT2D eigenvalue weighted by molar-refractivity contribution is 7.10. The van der Waals surface area contributed by atoms with Crippen LogP contribution in [0.25, 0.3) is 0 Å². The molecule has 0 aliphatic carbocycles. The molecule has 2 aromatic heterocycles. The molecule has 0 saturated carbocycles. The Morgan fingerprint density at radius 3 is 2.75 bits per heavy atom. The molecule has 1 saturated heterocycles. The lowest BCUT2D eigenvalue weighted by Crippen LogP contribution is -2.43. The average molecular weight is 397 g/mol. The van der Waals surface area contributed by atoms with Crippen molar-refractivity contribution < 1.29 is 9.53 Å². The number of morpholine rings is 1. The van der Waals surface area contributed by atoms with Gasteiger partial charge in [0, 0.05) is 30.7 Å². The van der Waals surface area contributed by atoms with E-state index in [9.17, 15) is 4.79 Å². The number of hydrogen-bond donors (Lipinski definition) is 1. The lowest BCUT2D eigenvalue weighted by molar-refractivity contribution is 0.0169. The predicted molar refractivity (Wildman–Crippen MR) is 110 cm³/mol. The first-order valence-electron chi connectivity index (χ1n) is 9.49. The first-order chi connectivity index (χ1) is 13.8. The summed E-state index contributed by atoms with van der Waals surface area (Å²) in [4.78, 5) is 16.3. The van der Waals surface area contributed by atoms with Crippen LogP contribution in [0.2, 0.25) is 0 Å². The normalized spacial score (nSPS) is 16.0. The van der Waals surface area contributed by atoms with E-state index in [0.717, 1.165) is 31.9 Å². The van der Waals surface area contributed by atoms with Crippen LogP contribution >= 0.6 is 11.3 Å². The van der Waals surface area contributed by atoms with Gasteiger partial charge in [0.1, 0.15) is 0 Å². The molecule has 3 aromatic rings. The molecular weight excluding hydrogens is 372 g/mol. The molecule has 3 heterocycles. The van der Waals surface area contributed by atoms with Gasteiger partial charge in [-0.3, -0.25) is 14.4 Å². The molecule has 1 aliphatic heterocycles. The zero-order valence-corrected chi connectivity index (χ0v) is 16.5. The number of hydrogen-bond acceptors (Lipinski definition) is 5. The summed E-state index contributed by atoms with van der Waals surface area (Å²) in [6.45, 7) is 4.47. The second kappa shape index (κ2) is 9.14. The van der Waals surface area contributed by atoms with Crippen LogP contribution in [-0.2, 0) is 11.3 Å². The van der Waals surface area contributed by atoms with E-state index in [1.165, 1.54) is 4.88 Å². The van der Waals surface area contributed by atoms with Crippen LogP contribution in [-0.4, -0.2) is 53.4 Å². The number of amides is 1. The number of benzene rings is 1. The summed E-state index contributed by atoms with van der Waals surface area (Å²) in [6.07, 6.45) is 3.43. The Labute approximate surface area is 168 Å². The van der Waals surface area contributed by atoms with Crippen molar-refractivity contribution in [2.24, 2.45) is 0 Å². The molecular formula is C21H24N4O2S. The highest BCUT2D eigenvalue weighted by Gasteiger charge is 2.24. The molecule has 4 rings (SSSR count). The first kappa shape index (κ1) is 18.9. The second-order valence-electron chi connectivity index (χ2n) is 6.80. The molecule has 146 valence electrons. The van der Waals surface area contributed by atoms with Crippen LogP contribution in [0.1, 0.15) is 26.8 Å². The van der Waals surface area contributed by atoms with Crippen LogP contribution in [0.15, 0.2) is 60.2 Å². The Hall–Kier alpha value is -2.48. The number of aromatic nitrogens is 2. The van der Waals surface area contributed by atoms with E-state index in [0.29, 0.717) is 18.7 Å². The van der Waals surface area contributed by atoms with Crippen molar-refractivity contribution in [3.63, 3.8) is 0 Å². The van der Waals surface area contributed by atoms with Gasteiger partial charge in [-0.1, -0.05) is 36.4 Å². The molecule has 28 heavy (non-hydrogen) atoms. The number of rotatable bonds is 7. The van der Waals surface area contributed by atoms with Gasteiger partial charge in [0.15, 0.2) is 0 Å². The minimum Gasteiger partial charge on any atom is -0.379 e. The number of carbonyl (C=O) groups excluding carboxylic acids is 1. The molecule has 0 spiro atoms. The van der Waals surface area contributed by atoms with Crippen molar-refractivity contribution in [3.05, 3.63) is 76.2 Å². The third-order valence-corrected chi connectivity index (χ3v) is 5.87. The Bertz CT molecular complexity index is 873. The van der Waals surface area contributed by atoms with E-state index in [2.05, 4.69) is 45.0 Å². The summed E-state index contributed by atoms with van der Waals surface area (Å²) >= 11 is 1.73. The second-order valence-corrected chi connectivity index (χ2v) is 7.78. The molecule has 6 nitrogen and oxygen atoms in total. The predicted octanol–water partition coefficient (Wildman–Crippen LogP) is 2.80.